The molecular weight excluding hydrogens is 292 g/mol. The van der Waals surface area contributed by atoms with Crippen molar-refractivity contribution in [1.29, 1.82) is 0 Å². The Hall–Kier alpha value is -1.40. The van der Waals surface area contributed by atoms with Crippen molar-refractivity contribution >= 4 is 15.8 Å². The first-order valence-electron chi connectivity index (χ1n) is 6.85. The molecule has 0 heterocycles. The van der Waals surface area contributed by atoms with E-state index < -0.39 is 15.1 Å². The van der Waals surface area contributed by atoms with Crippen molar-refractivity contribution in [2.45, 2.75) is 36.8 Å². The molecule has 0 spiro atoms. The van der Waals surface area contributed by atoms with Gasteiger partial charge in [-0.05, 0) is 38.0 Å². The predicted molar refractivity (Wildman–Crippen MR) is 79.9 cm³/mol. The van der Waals surface area contributed by atoms with Crippen molar-refractivity contribution in [2.75, 3.05) is 20.3 Å². The number of hydrogen-bond donors (Lipinski definition) is 0. The highest BCUT2D eigenvalue weighted by Gasteiger charge is 2.18. The maximum atomic E-state index is 12.0. The number of methoxy groups -OCH3 is 1. The Bertz CT molecular complexity index is 546. The molecule has 0 saturated carbocycles. The SMILES string of the molecule is COCCOC(=O)CCc1ccc(S(=O)(=O)C(C)C)cc1. The lowest BCUT2D eigenvalue weighted by Crippen LogP contribution is -2.14. The molecule has 0 aliphatic heterocycles. The largest absolute Gasteiger partial charge is 0.463 e. The van der Waals surface area contributed by atoms with Gasteiger partial charge in [0.15, 0.2) is 9.84 Å². The first-order chi connectivity index (χ1) is 9.87. The maximum absolute atomic E-state index is 12.0. The summed E-state index contributed by atoms with van der Waals surface area (Å²) in [6.07, 6.45) is 0.786. The average Bonchev–Trinajstić information content (AvgIpc) is 2.45. The molecule has 0 bridgehead atoms. The van der Waals surface area contributed by atoms with Gasteiger partial charge in [-0.2, -0.15) is 0 Å². The quantitative estimate of drug-likeness (QED) is 0.542. The molecule has 21 heavy (non-hydrogen) atoms. The van der Waals surface area contributed by atoms with Gasteiger partial charge in [0.05, 0.1) is 16.8 Å². The summed E-state index contributed by atoms with van der Waals surface area (Å²) >= 11 is 0. The highest BCUT2D eigenvalue weighted by molar-refractivity contribution is 7.92. The Balaban J connectivity index is 2.54. The minimum absolute atomic E-state index is 0.251. The number of benzene rings is 1. The topological polar surface area (TPSA) is 69.7 Å². The third-order valence-corrected chi connectivity index (χ3v) is 5.21. The van der Waals surface area contributed by atoms with Gasteiger partial charge in [-0.3, -0.25) is 4.79 Å². The van der Waals surface area contributed by atoms with E-state index in [-0.39, 0.29) is 19.0 Å². The molecule has 5 nitrogen and oxygen atoms in total. The Kier molecular flexibility index (Phi) is 6.84. The fourth-order valence-electron chi connectivity index (χ4n) is 1.68. The van der Waals surface area contributed by atoms with E-state index in [0.717, 1.165) is 5.56 Å². The van der Waals surface area contributed by atoms with Gasteiger partial charge in [0.2, 0.25) is 0 Å². The zero-order chi connectivity index (χ0) is 15.9. The van der Waals surface area contributed by atoms with E-state index in [9.17, 15) is 13.2 Å². The second-order valence-electron chi connectivity index (χ2n) is 4.95. The number of carbonyl (C=O) groups excluding carboxylic acids is 1. The molecule has 0 aromatic heterocycles. The number of carbonyl (C=O) groups is 1. The van der Waals surface area contributed by atoms with Crippen LogP contribution in [-0.2, 0) is 30.5 Å². The number of rotatable bonds is 8. The zero-order valence-corrected chi connectivity index (χ0v) is 13.5. The average molecular weight is 314 g/mol. The Morgan fingerprint density at radius 3 is 2.29 bits per heavy atom. The smallest absolute Gasteiger partial charge is 0.306 e. The highest BCUT2D eigenvalue weighted by Crippen LogP contribution is 2.17. The van der Waals surface area contributed by atoms with Crippen LogP contribution in [0.1, 0.15) is 25.8 Å². The van der Waals surface area contributed by atoms with Crippen molar-refractivity contribution in [2.24, 2.45) is 0 Å². The van der Waals surface area contributed by atoms with Gasteiger partial charge in [0.25, 0.3) is 0 Å². The third-order valence-electron chi connectivity index (χ3n) is 3.04. The van der Waals surface area contributed by atoms with Crippen LogP contribution in [0, 0.1) is 0 Å². The standard InChI is InChI=1S/C15H22O5S/c1-12(2)21(17,18)14-7-4-13(5-8-14)6-9-15(16)20-11-10-19-3/h4-5,7-8,12H,6,9-11H2,1-3H3. The monoisotopic (exact) mass is 314 g/mol. The van der Waals surface area contributed by atoms with Crippen LogP contribution in [0.5, 0.6) is 0 Å². The highest BCUT2D eigenvalue weighted by atomic mass is 32.2. The molecule has 118 valence electrons. The molecule has 0 amide bonds. The summed E-state index contributed by atoms with van der Waals surface area (Å²) in [4.78, 5) is 11.7. The summed E-state index contributed by atoms with van der Waals surface area (Å²) in [5.41, 5.74) is 0.904. The van der Waals surface area contributed by atoms with E-state index in [2.05, 4.69) is 0 Å². The molecule has 0 fully saturated rings. The molecule has 0 aliphatic rings. The Morgan fingerprint density at radius 1 is 1.14 bits per heavy atom. The van der Waals surface area contributed by atoms with E-state index in [1.807, 2.05) is 0 Å². The lowest BCUT2D eigenvalue weighted by Gasteiger charge is -2.08. The van der Waals surface area contributed by atoms with Crippen LogP contribution in [0.25, 0.3) is 0 Å². The third kappa shape index (κ3) is 5.47. The van der Waals surface area contributed by atoms with Gasteiger partial charge in [-0.15, -0.1) is 0 Å². The molecule has 6 heteroatoms. The van der Waals surface area contributed by atoms with Crippen LogP contribution < -0.4 is 0 Å². The second-order valence-corrected chi connectivity index (χ2v) is 7.46. The minimum Gasteiger partial charge on any atom is -0.463 e. The Labute approximate surface area is 126 Å². The first kappa shape index (κ1) is 17.7. The van der Waals surface area contributed by atoms with Crippen molar-refractivity contribution in [1.82, 2.24) is 0 Å². The molecule has 1 rings (SSSR count). The predicted octanol–water partition coefficient (Wildman–Crippen LogP) is 1.99. The summed E-state index contributed by atoms with van der Waals surface area (Å²) in [5, 5.41) is -0.445. The minimum atomic E-state index is -3.25. The van der Waals surface area contributed by atoms with Gasteiger partial charge >= 0.3 is 5.97 Å². The van der Waals surface area contributed by atoms with Crippen molar-refractivity contribution < 1.29 is 22.7 Å². The molecule has 0 aliphatic carbocycles. The van der Waals surface area contributed by atoms with Gasteiger partial charge in [0.1, 0.15) is 6.61 Å². The van der Waals surface area contributed by atoms with Crippen molar-refractivity contribution in [3.05, 3.63) is 29.8 Å². The van der Waals surface area contributed by atoms with Crippen LogP contribution in [0.3, 0.4) is 0 Å². The van der Waals surface area contributed by atoms with E-state index in [1.54, 1.807) is 45.2 Å². The lowest BCUT2D eigenvalue weighted by atomic mass is 10.1. The van der Waals surface area contributed by atoms with Crippen LogP contribution in [0.2, 0.25) is 0 Å². The molecule has 1 aromatic rings. The fourth-order valence-corrected chi connectivity index (χ4v) is 2.74. The number of esters is 1. The molecule has 0 radical (unpaired) electrons. The lowest BCUT2D eigenvalue weighted by molar-refractivity contribution is -0.144. The summed E-state index contributed by atoms with van der Waals surface area (Å²) in [7, 11) is -1.70. The van der Waals surface area contributed by atoms with Crippen LogP contribution in [0.4, 0.5) is 0 Å². The molecule has 0 unspecified atom stereocenters. The molecular formula is C15H22O5S. The molecule has 0 N–H and O–H groups in total. The fraction of sp³-hybridized carbons (Fsp3) is 0.533. The summed E-state index contributed by atoms with van der Waals surface area (Å²) < 4.78 is 33.7. The normalized spacial score (nSPS) is 11.6. The molecule has 0 saturated heterocycles. The van der Waals surface area contributed by atoms with Gasteiger partial charge in [-0.1, -0.05) is 12.1 Å². The van der Waals surface area contributed by atoms with Gasteiger partial charge in [-0.25, -0.2) is 8.42 Å². The number of hydrogen-bond acceptors (Lipinski definition) is 5. The van der Waals surface area contributed by atoms with Gasteiger partial charge in [0, 0.05) is 13.5 Å². The van der Waals surface area contributed by atoms with E-state index in [4.69, 9.17) is 9.47 Å². The van der Waals surface area contributed by atoms with Crippen LogP contribution in [0.15, 0.2) is 29.2 Å². The summed E-state index contributed by atoms with van der Waals surface area (Å²) in [6, 6.07) is 6.64. The Morgan fingerprint density at radius 2 is 1.76 bits per heavy atom. The summed E-state index contributed by atoms with van der Waals surface area (Å²) in [5.74, 6) is -0.286. The second kappa shape index (κ2) is 8.14. The number of sulfone groups is 1. The van der Waals surface area contributed by atoms with Crippen molar-refractivity contribution in [3.63, 3.8) is 0 Å². The van der Waals surface area contributed by atoms with E-state index in [0.29, 0.717) is 17.9 Å². The number of ether oxygens (including phenoxy) is 2. The zero-order valence-electron chi connectivity index (χ0n) is 12.7. The van der Waals surface area contributed by atoms with Crippen molar-refractivity contribution in [3.8, 4) is 0 Å². The van der Waals surface area contributed by atoms with Crippen LogP contribution in [-0.4, -0.2) is 40.0 Å². The van der Waals surface area contributed by atoms with E-state index >= 15 is 0 Å². The first-order valence-corrected chi connectivity index (χ1v) is 8.40. The molecule has 0 atom stereocenters. The van der Waals surface area contributed by atoms with Crippen LogP contribution >= 0.6 is 0 Å². The molecule has 1 aromatic carbocycles. The summed E-state index contributed by atoms with van der Waals surface area (Å²) in [6.45, 7) is 3.94. The number of aryl methyl sites for hydroxylation is 1. The van der Waals surface area contributed by atoms with Gasteiger partial charge < -0.3 is 9.47 Å². The maximum Gasteiger partial charge on any atom is 0.306 e. The van der Waals surface area contributed by atoms with E-state index in [1.165, 1.54) is 0 Å².